The minimum atomic E-state index is -0.421. The van der Waals surface area contributed by atoms with Crippen molar-refractivity contribution in [3.63, 3.8) is 0 Å². The molecule has 1 amide bonds. The van der Waals surface area contributed by atoms with Crippen molar-refractivity contribution in [1.82, 2.24) is 0 Å². The van der Waals surface area contributed by atoms with Crippen molar-refractivity contribution >= 4 is 11.6 Å². The molecule has 0 saturated carbocycles. The smallest absolute Gasteiger partial charge is 0.230 e. The molecule has 94 valence electrons. The Balaban J connectivity index is 2.80. The van der Waals surface area contributed by atoms with E-state index >= 15 is 0 Å². The van der Waals surface area contributed by atoms with Crippen LogP contribution >= 0.6 is 0 Å². The van der Waals surface area contributed by atoms with E-state index in [-0.39, 0.29) is 5.91 Å². The number of anilines is 1. The average Bonchev–Trinajstić information content (AvgIpc) is 2.29. The highest BCUT2D eigenvalue weighted by molar-refractivity contribution is 5.95. The standard InChI is InChI=1S/C14H22N2O/c1-4-11-7-5-6-8-12(11)16-13(17)14(2,3)9-10-15/h5-8H,4,9-10,15H2,1-3H3,(H,16,17). The van der Waals surface area contributed by atoms with Crippen molar-refractivity contribution in [3.05, 3.63) is 29.8 Å². The van der Waals surface area contributed by atoms with Crippen LogP contribution in [0.2, 0.25) is 0 Å². The van der Waals surface area contributed by atoms with Crippen LogP contribution in [0.5, 0.6) is 0 Å². The number of hydrogen-bond donors (Lipinski definition) is 2. The molecule has 3 nitrogen and oxygen atoms in total. The summed E-state index contributed by atoms with van der Waals surface area (Å²) >= 11 is 0. The predicted octanol–water partition coefficient (Wildman–Crippen LogP) is 2.56. The molecule has 1 rings (SSSR count). The molecule has 0 aliphatic carbocycles. The molecule has 0 aliphatic heterocycles. The van der Waals surface area contributed by atoms with E-state index in [9.17, 15) is 4.79 Å². The molecule has 0 unspecified atom stereocenters. The Morgan fingerprint density at radius 1 is 1.35 bits per heavy atom. The van der Waals surface area contributed by atoms with Gasteiger partial charge in [0, 0.05) is 11.1 Å². The van der Waals surface area contributed by atoms with Crippen LogP contribution in [0.25, 0.3) is 0 Å². The maximum atomic E-state index is 12.1. The highest BCUT2D eigenvalue weighted by atomic mass is 16.2. The summed E-state index contributed by atoms with van der Waals surface area (Å²) in [6.07, 6.45) is 1.60. The maximum Gasteiger partial charge on any atom is 0.230 e. The van der Waals surface area contributed by atoms with Gasteiger partial charge in [-0.3, -0.25) is 4.79 Å². The zero-order valence-electron chi connectivity index (χ0n) is 10.9. The van der Waals surface area contributed by atoms with Crippen molar-refractivity contribution in [2.24, 2.45) is 11.1 Å². The van der Waals surface area contributed by atoms with Crippen LogP contribution in [-0.2, 0) is 11.2 Å². The van der Waals surface area contributed by atoms with Gasteiger partial charge in [-0.25, -0.2) is 0 Å². The minimum absolute atomic E-state index is 0.0313. The number of amides is 1. The molecular formula is C14H22N2O. The second kappa shape index (κ2) is 5.82. The summed E-state index contributed by atoms with van der Waals surface area (Å²) in [4.78, 5) is 12.1. The molecular weight excluding hydrogens is 212 g/mol. The van der Waals surface area contributed by atoms with Gasteiger partial charge in [-0.15, -0.1) is 0 Å². The molecule has 0 aliphatic rings. The number of nitrogens with two attached hydrogens (primary N) is 1. The lowest BCUT2D eigenvalue weighted by Crippen LogP contribution is -2.33. The van der Waals surface area contributed by atoms with E-state index in [4.69, 9.17) is 5.73 Å². The lowest BCUT2D eigenvalue weighted by Gasteiger charge is -2.23. The lowest BCUT2D eigenvalue weighted by molar-refractivity contribution is -0.124. The third-order valence-corrected chi connectivity index (χ3v) is 3.03. The average molecular weight is 234 g/mol. The molecule has 3 N–H and O–H groups in total. The number of hydrogen-bond acceptors (Lipinski definition) is 2. The quantitative estimate of drug-likeness (QED) is 0.822. The van der Waals surface area contributed by atoms with Gasteiger partial charge in [0.2, 0.25) is 5.91 Å². The monoisotopic (exact) mass is 234 g/mol. The van der Waals surface area contributed by atoms with Crippen LogP contribution in [0.4, 0.5) is 5.69 Å². The SMILES string of the molecule is CCc1ccccc1NC(=O)C(C)(C)CCN. The van der Waals surface area contributed by atoms with Crippen molar-refractivity contribution in [1.29, 1.82) is 0 Å². The molecule has 1 aromatic carbocycles. The highest BCUT2D eigenvalue weighted by Gasteiger charge is 2.26. The van der Waals surface area contributed by atoms with Gasteiger partial charge in [0.05, 0.1) is 0 Å². The number of aryl methyl sites for hydroxylation is 1. The van der Waals surface area contributed by atoms with Crippen molar-refractivity contribution in [2.75, 3.05) is 11.9 Å². The number of rotatable bonds is 5. The first-order valence-corrected chi connectivity index (χ1v) is 6.10. The molecule has 0 radical (unpaired) electrons. The fraction of sp³-hybridized carbons (Fsp3) is 0.500. The molecule has 0 aromatic heterocycles. The summed E-state index contributed by atoms with van der Waals surface area (Å²) in [5.41, 5.74) is 7.17. The molecule has 0 spiro atoms. The van der Waals surface area contributed by atoms with Crippen molar-refractivity contribution in [2.45, 2.75) is 33.6 Å². The Bertz CT molecular complexity index is 386. The number of para-hydroxylation sites is 1. The van der Waals surface area contributed by atoms with Crippen LogP contribution in [0.3, 0.4) is 0 Å². The molecule has 1 aromatic rings. The predicted molar refractivity (Wildman–Crippen MR) is 71.9 cm³/mol. The fourth-order valence-corrected chi connectivity index (χ4v) is 1.72. The van der Waals surface area contributed by atoms with Gasteiger partial charge in [0.15, 0.2) is 0 Å². The van der Waals surface area contributed by atoms with Crippen LogP contribution in [-0.4, -0.2) is 12.5 Å². The van der Waals surface area contributed by atoms with Crippen molar-refractivity contribution in [3.8, 4) is 0 Å². The molecule has 0 heterocycles. The van der Waals surface area contributed by atoms with Gasteiger partial charge in [-0.05, 0) is 31.0 Å². The summed E-state index contributed by atoms with van der Waals surface area (Å²) in [7, 11) is 0. The first kappa shape index (κ1) is 13.7. The van der Waals surface area contributed by atoms with Crippen molar-refractivity contribution < 1.29 is 4.79 Å². The first-order valence-electron chi connectivity index (χ1n) is 6.10. The second-order valence-electron chi connectivity index (χ2n) is 4.89. The Hall–Kier alpha value is -1.35. The Labute approximate surface area is 103 Å². The van der Waals surface area contributed by atoms with E-state index < -0.39 is 5.41 Å². The fourth-order valence-electron chi connectivity index (χ4n) is 1.72. The van der Waals surface area contributed by atoms with Gasteiger partial charge >= 0.3 is 0 Å². The highest BCUT2D eigenvalue weighted by Crippen LogP contribution is 2.23. The molecule has 0 saturated heterocycles. The van der Waals surface area contributed by atoms with E-state index in [1.807, 2.05) is 38.1 Å². The van der Waals surface area contributed by atoms with Gasteiger partial charge in [-0.2, -0.15) is 0 Å². The third-order valence-electron chi connectivity index (χ3n) is 3.03. The summed E-state index contributed by atoms with van der Waals surface area (Å²) in [5.74, 6) is 0.0313. The van der Waals surface area contributed by atoms with E-state index in [1.165, 1.54) is 0 Å². The molecule has 17 heavy (non-hydrogen) atoms. The zero-order valence-corrected chi connectivity index (χ0v) is 10.9. The zero-order chi connectivity index (χ0) is 12.9. The molecule has 3 heteroatoms. The second-order valence-corrected chi connectivity index (χ2v) is 4.89. The summed E-state index contributed by atoms with van der Waals surface area (Å²) in [5, 5.41) is 2.99. The summed E-state index contributed by atoms with van der Waals surface area (Å²) < 4.78 is 0. The van der Waals surface area contributed by atoms with Crippen LogP contribution < -0.4 is 11.1 Å². The summed E-state index contributed by atoms with van der Waals surface area (Å²) in [6.45, 7) is 6.44. The van der Waals surface area contributed by atoms with Crippen LogP contribution in [0.1, 0.15) is 32.8 Å². The van der Waals surface area contributed by atoms with Gasteiger partial charge in [-0.1, -0.05) is 39.0 Å². The first-order chi connectivity index (χ1) is 8.01. The van der Waals surface area contributed by atoms with Gasteiger partial charge in [0.25, 0.3) is 0 Å². The van der Waals surface area contributed by atoms with E-state index in [1.54, 1.807) is 0 Å². The Kier molecular flexibility index (Phi) is 4.70. The number of carbonyl (C=O) groups excluding carboxylic acids is 1. The van der Waals surface area contributed by atoms with Gasteiger partial charge in [0.1, 0.15) is 0 Å². The molecule has 0 bridgehead atoms. The third kappa shape index (κ3) is 3.56. The van der Waals surface area contributed by atoms with Crippen LogP contribution in [0, 0.1) is 5.41 Å². The minimum Gasteiger partial charge on any atom is -0.330 e. The van der Waals surface area contributed by atoms with E-state index in [0.717, 1.165) is 17.7 Å². The number of nitrogens with one attached hydrogen (secondary N) is 1. The maximum absolute atomic E-state index is 12.1. The lowest BCUT2D eigenvalue weighted by atomic mass is 9.88. The Morgan fingerprint density at radius 3 is 2.59 bits per heavy atom. The molecule has 0 atom stereocenters. The number of benzene rings is 1. The van der Waals surface area contributed by atoms with E-state index in [2.05, 4.69) is 12.2 Å². The van der Waals surface area contributed by atoms with Gasteiger partial charge < -0.3 is 11.1 Å². The Morgan fingerprint density at radius 2 is 2.00 bits per heavy atom. The summed E-state index contributed by atoms with van der Waals surface area (Å²) in [6, 6.07) is 7.89. The normalized spacial score (nSPS) is 11.3. The largest absolute Gasteiger partial charge is 0.330 e. The molecule has 0 fully saturated rings. The van der Waals surface area contributed by atoms with Crippen LogP contribution in [0.15, 0.2) is 24.3 Å². The van der Waals surface area contributed by atoms with E-state index in [0.29, 0.717) is 13.0 Å². The topological polar surface area (TPSA) is 55.1 Å². The number of carbonyl (C=O) groups is 1.